The van der Waals surface area contributed by atoms with Crippen LogP contribution in [0.1, 0.15) is 80.6 Å². The summed E-state index contributed by atoms with van der Waals surface area (Å²) in [5.41, 5.74) is 0.0151. The largest absolute Gasteiger partial charge is 0.462 e. The first-order valence-corrected chi connectivity index (χ1v) is 16.8. The van der Waals surface area contributed by atoms with Crippen molar-refractivity contribution in [3.63, 3.8) is 0 Å². The molecule has 1 aliphatic carbocycles. The van der Waals surface area contributed by atoms with E-state index < -0.39 is 59.4 Å². The number of aliphatic hydroxyl groups excluding tert-OH is 2. The first-order chi connectivity index (χ1) is 21.2. The predicted molar refractivity (Wildman–Crippen MR) is 167 cm³/mol. The van der Waals surface area contributed by atoms with Gasteiger partial charge in [-0.15, -0.1) is 0 Å². The number of ether oxygens (including phenoxy) is 5. The molecule has 250 valence electrons. The third-order valence-electron chi connectivity index (χ3n) is 11.1. The predicted octanol–water partition coefficient (Wildman–Crippen LogP) is 4.30. The molecule has 0 aromatic carbocycles. The van der Waals surface area contributed by atoms with Crippen molar-refractivity contribution in [1.82, 2.24) is 0 Å². The van der Waals surface area contributed by atoms with Crippen LogP contribution in [0.5, 0.6) is 0 Å². The molecule has 0 saturated carbocycles. The van der Waals surface area contributed by atoms with Crippen LogP contribution in [0.4, 0.5) is 0 Å². The molecule has 2 unspecified atom stereocenters. The zero-order valence-corrected chi connectivity index (χ0v) is 27.8. The Hall–Kier alpha value is -1.85. The minimum absolute atomic E-state index is 0.0155. The minimum Gasteiger partial charge on any atom is -0.462 e. The smallest absolute Gasteiger partial charge is 0.316 e. The van der Waals surface area contributed by atoms with Crippen LogP contribution in [-0.4, -0.2) is 87.6 Å². The quantitative estimate of drug-likeness (QED) is 0.233. The molecule has 0 aromatic rings. The van der Waals surface area contributed by atoms with Crippen LogP contribution in [0.3, 0.4) is 0 Å². The number of fused-ring (bicyclic) bond motifs is 2. The Morgan fingerprint density at radius 3 is 2.49 bits per heavy atom. The lowest BCUT2D eigenvalue weighted by molar-refractivity contribution is -0.355. The summed E-state index contributed by atoms with van der Waals surface area (Å²) in [6.45, 7) is 14.4. The van der Waals surface area contributed by atoms with Crippen LogP contribution in [0.25, 0.3) is 0 Å². The lowest BCUT2D eigenvalue weighted by Gasteiger charge is -2.52. The van der Waals surface area contributed by atoms with Gasteiger partial charge in [0.05, 0.1) is 31.0 Å². The van der Waals surface area contributed by atoms with E-state index in [4.69, 9.17) is 23.7 Å². The second-order valence-corrected chi connectivity index (χ2v) is 15.2. The Morgan fingerprint density at radius 1 is 1.02 bits per heavy atom. The molecule has 6 rings (SSSR count). The summed E-state index contributed by atoms with van der Waals surface area (Å²) in [6.07, 6.45) is 8.03. The van der Waals surface area contributed by atoms with E-state index in [1.54, 1.807) is 13.0 Å². The molecule has 9 nitrogen and oxygen atoms in total. The molecule has 1 spiro atoms. The van der Waals surface area contributed by atoms with Gasteiger partial charge in [0.1, 0.15) is 35.4 Å². The lowest BCUT2D eigenvalue weighted by Crippen LogP contribution is -2.61. The number of carbonyl (C=O) groups excluding carboxylic acids is 1. The van der Waals surface area contributed by atoms with Crippen molar-refractivity contribution in [2.24, 2.45) is 23.7 Å². The number of rotatable bonds is 2. The van der Waals surface area contributed by atoms with Gasteiger partial charge < -0.3 is 39.0 Å². The van der Waals surface area contributed by atoms with Gasteiger partial charge in [-0.3, -0.25) is 4.79 Å². The second-order valence-electron chi connectivity index (χ2n) is 15.2. The van der Waals surface area contributed by atoms with E-state index in [1.165, 1.54) is 5.57 Å². The topological polar surface area (TPSA) is 127 Å². The zero-order chi connectivity index (χ0) is 32.5. The highest BCUT2D eigenvalue weighted by molar-refractivity contribution is 5.78. The summed E-state index contributed by atoms with van der Waals surface area (Å²) in [6, 6.07) is 0. The van der Waals surface area contributed by atoms with Crippen molar-refractivity contribution in [1.29, 1.82) is 0 Å². The van der Waals surface area contributed by atoms with Gasteiger partial charge in [-0.25, -0.2) is 0 Å². The van der Waals surface area contributed by atoms with E-state index in [1.807, 2.05) is 26.0 Å². The number of aliphatic hydroxyl groups is 3. The molecule has 4 fully saturated rings. The normalized spacial score (nSPS) is 51.8. The van der Waals surface area contributed by atoms with Crippen molar-refractivity contribution in [3.8, 4) is 0 Å². The highest BCUT2D eigenvalue weighted by Gasteiger charge is 2.66. The number of esters is 1. The van der Waals surface area contributed by atoms with Crippen LogP contribution in [0.2, 0.25) is 0 Å². The standard InChI is InChI=1S/C36H52O9/c1-19(2)30-34(7,44-30)31-23(6)28(37)17-35(45-31)16-26-15-25(43-35)12-11-21(4)13-20(3)9-8-10-24-18-41-32-29(38)22(5)14-27(33(39)42-26)36(24,32)40/h8-11,14,19-20,23,25-32,37-38,40H,12-13,15-18H2,1-7H3/b9-8+,21-11+,24-10+/t20?,23-,25+,26-,27-,28-,29+,30?,31-,32+,34-,35-,36+/m0/s1. The summed E-state index contributed by atoms with van der Waals surface area (Å²) < 4.78 is 32.0. The maximum Gasteiger partial charge on any atom is 0.316 e. The van der Waals surface area contributed by atoms with Crippen molar-refractivity contribution in [2.75, 3.05) is 6.61 Å². The highest BCUT2D eigenvalue weighted by atomic mass is 16.7. The van der Waals surface area contributed by atoms with E-state index in [0.29, 0.717) is 29.9 Å². The second kappa shape index (κ2) is 12.0. The van der Waals surface area contributed by atoms with Crippen molar-refractivity contribution < 1.29 is 43.8 Å². The van der Waals surface area contributed by atoms with E-state index in [2.05, 4.69) is 39.8 Å². The van der Waals surface area contributed by atoms with E-state index in [-0.39, 0.29) is 43.5 Å². The van der Waals surface area contributed by atoms with Gasteiger partial charge in [-0.05, 0) is 56.6 Å². The Kier molecular flexibility index (Phi) is 8.81. The molecule has 4 saturated heterocycles. The molecule has 0 radical (unpaired) electrons. The van der Waals surface area contributed by atoms with E-state index in [0.717, 1.165) is 6.42 Å². The number of epoxide rings is 1. The van der Waals surface area contributed by atoms with E-state index >= 15 is 0 Å². The average molecular weight is 629 g/mol. The van der Waals surface area contributed by atoms with Gasteiger partial charge in [0, 0.05) is 25.2 Å². The molecule has 2 bridgehead atoms. The number of allylic oxidation sites excluding steroid dienone is 4. The fourth-order valence-electron chi connectivity index (χ4n) is 8.62. The van der Waals surface area contributed by atoms with Gasteiger partial charge in [0.15, 0.2) is 5.79 Å². The SMILES string of the molecule is CC1=C[C@H]2C(=O)O[C@H]3C[C@@H](C/C=C(\C)CC(C)/C=C/C=C4\CO[C@H]([C@@H]1O)[C@@]42O)O[C@]1(C3)C[C@H](O)[C@H](C)[C@@H]([C@@]2(C)OC2C(C)C)O1. The molecular formula is C36H52O9. The van der Waals surface area contributed by atoms with Crippen molar-refractivity contribution in [3.05, 3.63) is 47.1 Å². The molecule has 5 heterocycles. The van der Waals surface area contributed by atoms with Crippen LogP contribution in [-0.2, 0) is 28.5 Å². The molecule has 9 heteroatoms. The minimum atomic E-state index is -1.75. The highest BCUT2D eigenvalue weighted by Crippen LogP contribution is 2.53. The van der Waals surface area contributed by atoms with Crippen LogP contribution in [0, 0.1) is 23.7 Å². The van der Waals surface area contributed by atoms with Gasteiger partial charge in [-0.1, -0.05) is 63.6 Å². The molecule has 6 aliphatic rings. The number of hydrogen-bond acceptors (Lipinski definition) is 9. The Morgan fingerprint density at radius 2 is 1.78 bits per heavy atom. The molecule has 0 aromatic heterocycles. The first-order valence-electron chi connectivity index (χ1n) is 16.8. The van der Waals surface area contributed by atoms with Gasteiger partial charge in [-0.2, -0.15) is 0 Å². The molecule has 3 N–H and O–H groups in total. The molecule has 0 amide bonds. The Balaban J connectivity index is 1.35. The summed E-state index contributed by atoms with van der Waals surface area (Å²) >= 11 is 0. The van der Waals surface area contributed by atoms with Crippen molar-refractivity contribution in [2.45, 2.75) is 140 Å². The molecular weight excluding hydrogens is 576 g/mol. The third kappa shape index (κ3) is 5.92. The van der Waals surface area contributed by atoms with Crippen LogP contribution in [0.15, 0.2) is 47.1 Å². The zero-order valence-electron chi connectivity index (χ0n) is 27.8. The first kappa shape index (κ1) is 33.1. The molecule has 45 heavy (non-hydrogen) atoms. The number of carbonyl (C=O) groups is 1. The maximum atomic E-state index is 14.1. The summed E-state index contributed by atoms with van der Waals surface area (Å²) in [5.74, 6) is -2.45. The fourth-order valence-corrected chi connectivity index (χ4v) is 8.62. The molecule has 13 atom stereocenters. The molecule has 5 aliphatic heterocycles. The summed E-state index contributed by atoms with van der Waals surface area (Å²) in [4.78, 5) is 14.1. The van der Waals surface area contributed by atoms with Gasteiger partial charge in [0.2, 0.25) is 0 Å². The van der Waals surface area contributed by atoms with Gasteiger partial charge in [0.25, 0.3) is 0 Å². The Labute approximate surface area is 267 Å². The van der Waals surface area contributed by atoms with Crippen LogP contribution < -0.4 is 0 Å². The van der Waals surface area contributed by atoms with E-state index in [9.17, 15) is 20.1 Å². The summed E-state index contributed by atoms with van der Waals surface area (Å²) in [5, 5.41) is 34.5. The maximum absolute atomic E-state index is 14.1. The Bertz CT molecular complexity index is 1280. The lowest BCUT2D eigenvalue weighted by atomic mass is 9.71. The average Bonchev–Trinajstić information content (AvgIpc) is 3.56. The van der Waals surface area contributed by atoms with Gasteiger partial charge >= 0.3 is 5.97 Å². The number of hydrogen-bond donors (Lipinski definition) is 3. The van der Waals surface area contributed by atoms with Crippen LogP contribution >= 0.6 is 0 Å². The third-order valence-corrected chi connectivity index (χ3v) is 11.1. The monoisotopic (exact) mass is 628 g/mol. The summed E-state index contributed by atoms with van der Waals surface area (Å²) in [7, 11) is 0. The van der Waals surface area contributed by atoms with Crippen molar-refractivity contribution >= 4 is 5.97 Å². The fraction of sp³-hybridized carbons (Fsp3) is 0.750.